The van der Waals surface area contributed by atoms with Crippen LogP contribution in [0, 0.1) is 0 Å². The number of hydrogen-bond acceptors (Lipinski definition) is 3. The van der Waals surface area contributed by atoms with Gasteiger partial charge < -0.3 is 0 Å². The van der Waals surface area contributed by atoms with Gasteiger partial charge in [0, 0.05) is 5.56 Å². The fourth-order valence-electron chi connectivity index (χ4n) is 0.698. The maximum Gasteiger partial charge on any atom is 0.435 e. The lowest BCUT2D eigenvalue weighted by Gasteiger charge is -2.04. The van der Waals surface area contributed by atoms with E-state index < -0.39 is 17.7 Å². The highest BCUT2D eigenvalue weighted by molar-refractivity contribution is 5.93. The molecule has 70 valence electrons. The molecule has 0 radical (unpaired) electrons. The maximum atomic E-state index is 12.0. The van der Waals surface area contributed by atoms with Crippen molar-refractivity contribution in [3.8, 4) is 0 Å². The van der Waals surface area contributed by atoms with Gasteiger partial charge in [-0.1, -0.05) is 0 Å². The topological polar surface area (TPSA) is 42.9 Å². The van der Waals surface area contributed by atoms with E-state index in [1.807, 2.05) is 0 Å². The zero-order chi connectivity index (χ0) is 10.1. The largest absolute Gasteiger partial charge is 0.435 e. The summed E-state index contributed by atoms with van der Waals surface area (Å²) in [5, 5.41) is 5.95. The third-order valence-corrected chi connectivity index (χ3v) is 1.35. The Morgan fingerprint density at radius 2 is 2.08 bits per heavy atom. The summed E-state index contributed by atoms with van der Waals surface area (Å²) in [5.74, 6) is -0.472. The minimum atomic E-state index is -4.56. The van der Waals surface area contributed by atoms with Crippen molar-refractivity contribution in [3.05, 3.63) is 23.5 Å². The lowest BCUT2D eigenvalue weighted by molar-refractivity contribution is -0.141. The van der Waals surface area contributed by atoms with Gasteiger partial charge in [-0.25, -0.2) is 0 Å². The summed E-state index contributed by atoms with van der Waals surface area (Å²) >= 11 is 0. The molecule has 13 heavy (non-hydrogen) atoms. The van der Waals surface area contributed by atoms with Crippen LogP contribution in [0.5, 0.6) is 0 Å². The van der Waals surface area contributed by atoms with Crippen molar-refractivity contribution >= 4 is 5.78 Å². The number of halogens is 3. The van der Waals surface area contributed by atoms with E-state index in [0.717, 1.165) is 13.1 Å². The fourth-order valence-corrected chi connectivity index (χ4v) is 0.698. The molecule has 1 aromatic heterocycles. The van der Waals surface area contributed by atoms with E-state index in [9.17, 15) is 18.0 Å². The molecule has 0 aliphatic heterocycles. The number of rotatable bonds is 1. The van der Waals surface area contributed by atoms with Gasteiger partial charge in [0.15, 0.2) is 11.5 Å². The van der Waals surface area contributed by atoms with E-state index in [4.69, 9.17) is 0 Å². The fraction of sp³-hybridized carbons (Fsp3) is 0.286. The minimum Gasteiger partial charge on any atom is -0.294 e. The maximum absolute atomic E-state index is 12.0. The van der Waals surface area contributed by atoms with Gasteiger partial charge in [0.2, 0.25) is 0 Å². The summed E-state index contributed by atoms with van der Waals surface area (Å²) < 4.78 is 36.1. The van der Waals surface area contributed by atoms with Crippen molar-refractivity contribution in [2.45, 2.75) is 13.1 Å². The molecule has 3 nitrogen and oxygen atoms in total. The van der Waals surface area contributed by atoms with E-state index in [-0.39, 0.29) is 5.56 Å². The molecule has 0 aliphatic rings. The van der Waals surface area contributed by atoms with Crippen LogP contribution >= 0.6 is 0 Å². The van der Waals surface area contributed by atoms with Crippen LogP contribution in [-0.4, -0.2) is 16.0 Å². The molecule has 0 spiro atoms. The molecule has 0 fully saturated rings. The van der Waals surface area contributed by atoms with Gasteiger partial charge in [0.05, 0.1) is 6.20 Å². The van der Waals surface area contributed by atoms with Crippen molar-refractivity contribution in [1.29, 1.82) is 0 Å². The lowest BCUT2D eigenvalue weighted by atomic mass is 10.2. The lowest BCUT2D eigenvalue weighted by Crippen LogP contribution is -2.10. The standard InChI is InChI=1S/C7H5F3N2O/c1-4(13)5-2-6(7(8,9)10)12-11-3-5/h2-3H,1H3. The van der Waals surface area contributed by atoms with Crippen LogP contribution in [0.1, 0.15) is 23.0 Å². The van der Waals surface area contributed by atoms with Crippen molar-refractivity contribution < 1.29 is 18.0 Å². The van der Waals surface area contributed by atoms with Crippen LogP contribution in [0.3, 0.4) is 0 Å². The number of carbonyl (C=O) groups excluding carboxylic acids is 1. The highest BCUT2D eigenvalue weighted by Gasteiger charge is 2.33. The quantitative estimate of drug-likeness (QED) is 0.633. The Morgan fingerprint density at radius 1 is 1.46 bits per heavy atom. The van der Waals surface area contributed by atoms with Crippen molar-refractivity contribution in [3.63, 3.8) is 0 Å². The van der Waals surface area contributed by atoms with Crippen molar-refractivity contribution in [2.75, 3.05) is 0 Å². The van der Waals surface area contributed by atoms with Crippen molar-refractivity contribution in [1.82, 2.24) is 10.2 Å². The van der Waals surface area contributed by atoms with E-state index >= 15 is 0 Å². The summed E-state index contributed by atoms with van der Waals surface area (Å²) in [7, 11) is 0. The molecule has 0 saturated carbocycles. The predicted molar refractivity (Wildman–Crippen MR) is 37.0 cm³/mol. The van der Waals surface area contributed by atoms with Gasteiger partial charge in [-0.2, -0.15) is 18.3 Å². The molecule has 0 bridgehead atoms. The summed E-state index contributed by atoms with van der Waals surface area (Å²) in [6.07, 6.45) is -3.56. The van der Waals surface area contributed by atoms with Crippen LogP contribution in [0.25, 0.3) is 0 Å². The Balaban J connectivity index is 3.13. The molecule has 0 amide bonds. The van der Waals surface area contributed by atoms with Gasteiger partial charge in [0.25, 0.3) is 0 Å². The monoisotopic (exact) mass is 190 g/mol. The van der Waals surface area contributed by atoms with E-state index in [1.54, 1.807) is 0 Å². The third-order valence-electron chi connectivity index (χ3n) is 1.35. The van der Waals surface area contributed by atoms with Gasteiger partial charge in [0.1, 0.15) is 0 Å². The molecular weight excluding hydrogens is 185 g/mol. The average molecular weight is 190 g/mol. The Labute approximate surface area is 71.6 Å². The van der Waals surface area contributed by atoms with Gasteiger partial charge in [-0.05, 0) is 13.0 Å². The van der Waals surface area contributed by atoms with Crippen LogP contribution in [0.4, 0.5) is 13.2 Å². The molecule has 0 unspecified atom stereocenters. The van der Waals surface area contributed by atoms with Gasteiger partial charge in [-0.15, -0.1) is 5.10 Å². The first-order valence-electron chi connectivity index (χ1n) is 3.32. The van der Waals surface area contributed by atoms with Gasteiger partial charge in [-0.3, -0.25) is 4.79 Å². The number of aromatic nitrogens is 2. The number of carbonyl (C=O) groups is 1. The molecule has 0 saturated heterocycles. The second kappa shape index (κ2) is 3.12. The summed E-state index contributed by atoms with van der Waals surface area (Å²) in [4.78, 5) is 10.7. The number of nitrogens with zero attached hydrogens (tertiary/aromatic N) is 2. The molecule has 0 aliphatic carbocycles. The summed E-state index contributed by atoms with van der Waals surface area (Å²) in [6.45, 7) is 1.16. The SMILES string of the molecule is CC(=O)c1cnnc(C(F)(F)F)c1. The molecule has 1 rings (SSSR count). The Bertz CT molecular complexity index is 335. The zero-order valence-corrected chi connectivity index (χ0v) is 6.59. The normalized spacial score (nSPS) is 11.4. The van der Waals surface area contributed by atoms with E-state index in [2.05, 4.69) is 10.2 Å². The Hall–Kier alpha value is -1.46. The highest BCUT2D eigenvalue weighted by atomic mass is 19.4. The van der Waals surface area contributed by atoms with E-state index in [0.29, 0.717) is 6.07 Å². The van der Waals surface area contributed by atoms with Crippen molar-refractivity contribution in [2.24, 2.45) is 0 Å². The molecule has 1 aromatic rings. The molecular formula is C7H5F3N2O. The Kier molecular flexibility index (Phi) is 2.31. The molecule has 0 N–H and O–H groups in total. The number of alkyl halides is 3. The first kappa shape index (κ1) is 9.63. The Morgan fingerprint density at radius 3 is 2.54 bits per heavy atom. The summed E-state index contributed by atoms with van der Waals surface area (Å²) in [5.41, 5.74) is -1.25. The predicted octanol–water partition coefficient (Wildman–Crippen LogP) is 1.70. The molecule has 6 heteroatoms. The smallest absolute Gasteiger partial charge is 0.294 e. The second-order valence-corrected chi connectivity index (χ2v) is 2.38. The first-order valence-corrected chi connectivity index (χ1v) is 3.32. The minimum absolute atomic E-state index is 0.0951. The zero-order valence-electron chi connectivity index (χ0n) is 6.59. The molecule has 0 atom stereocenters. The summed E-state index contributed by atoms with van der Waals surface area (Å²) in [6, 6.07) is 0.676. The van der Waals surface area contributed by atoms with Gasteiger partial charge >= 0.3 is 6.18 Å². The number of Topliss-reactive ketones (excluding diaryl/α,β-unsaturated/α-hetero) is 1. The van der Waals surface area contributed by atoms with Crippen LogP contribution < -0.4 is 0 Å². The first-order chi connectivity index (χ1) is 5.91. The number of hydrogen-bond donors (Lipinski definition) is 0. The average Bonchev–Trinajstić information content (AvgIpc) is 2.03. The highest BCUT2D eigenvalue weighted by Crippen LogP contribution is 2.27. The van der Waals surface area contributed by atoms with Crippen LogP contribution in [0.15, 0.2) is 12.3 Å². The van der Waals surface area contributed by atoms with E-state index in [1.165, 1.54) is 0 Å². The third kappa shape index (κ3) is 2.24. The number of ketones is 1. The molecule has 1 heterocycles. The molecule has 0 aromatic carbocycles. The van der Waals surface area contributed by atoms with Crippen LogP contribution in [0.2, 0.25) is 0 Å². The van der Waals surface area contributed by atoms with Crippen LogP contribution in [-0.2, 0) is 6.18 Å². The second-order valence-electron chi connectivity index (χ2n) is 2.38.